The van der Waals surface area contributed by atoms with Gasteiger partial charge < -0.3 is 9.82 Å². The maximum Gasteiger partial charge on any atom is 0.263 e. The van der Waals surface area contributed by atoms with Crippen LogP contribution in [0.2, 0.25) is 5.02 Å². The number of hydrogen-bond donors (Lipinski definition) is 2. The van der Waals surface area contributed by atoms with Gasteiger partial charge in [0.15, 0.2) is 0 Å². The zero-order chi connectivity index (χ0) is 21.7. The monoisotopic (exact) mass is 452 g/mol. The van der Waals surface area contributed by atoms with E-state index in [1.54, 1.807) is 24.1 Å². The second-order valence-electron chi connectivity index (χ2n) is 7.63. The summed E-state index contributed by atoms with van der Waals surface area (Å²) >= 11 is 6.35. The molecule has 0 spiro atoms. The van der Waals surface area contributed by atoms with Crippen LogP contribution in [0.15, 0.2) is 39.4 Å². The first kappa shape index (κ1) is 20.6. The second-order valence-corrected chi connectivity index (χ2v) is 9.72. The van der Waals surface area contributed by atoms with E-state index in [0.29, 0.717) is 0 Å². The van der Waals surface area contributed by atoms with Gasteiger partial charge in [-0.3, -0.25) is 14.0 Å². The van der Waals surface area contributed by atoms with Crippen molar-refractivity contribution < 1.29 is 13.3 Å². The third-order valence-electron chi connectivity index (χ3n) is 5.00. The molecule has 0 bridgehead atoms. The summed E-state index contributed by atoms with van der Waals surface area (Å²) in [5, 5.41) is 8.20. The lowest BCUT2D eigenvalue weighted by atomic mass is 10.2. The largest absolute Gasteiger partial charge is 0.396 e. The molecule has 160 valence electrons. The number of halogens is 1. The van der Waals surface area contributed by atoms with Crippen molar-refractivity contribution in [2.75, 3.05) is 7.11 Å². The molecule has 1 aliphatic carbocycles. The van der Waals surface area contributed by atoms with E-state index in [-0.39, 0.29) is 33.0 Å². The Balaban J connectivity index is 1.91. The maximum absolute atomic E-state index is 13.3. The smallest absolute Gasteiger partial charge is 0.263 e. The van der Waals surface area contributed by atoms with Crippen LogP contribution in [0, 0.1) is 0 Å². The van der Waals surface area contributed by atoms with Gasteiger partial charge in [0.25, 0.3) is 5.56 Å². The fourth-order valence-electron chi connectivity index (χ4n) is 3.17. The third kappa shape index (κ3) is 3.87. The zero-order valence-electron chi connectivity index (χ0n) is 16.6. The first-order chi connectivity index (χ1) is 14.1. The molecule has 0 atom stereocenters. The first-order valence-corrected chi connectivity index (χ1v) is 11.0. The molecule has 1 aromatic carbocycles. The van der Waals surface area contributed by atoms with Crippen molar-refractivity contribution >= 4 is 32.5 Å². The summed E-state index contributed by atoms with van der Waals surface area (Å²) < 4.78 is 31.2. The lowest BCUT2D eigenvalue weighted by Gasteiger charge is -2.14. The minimum Gasteiger partial charge on any atom is -0.396 e. The number of rotatable bonds is 6. The van der Waals surface area contributed by atoms with Crippen LogP contribution in [-0.2, 0) is 28.5 Å². The molecule has 0 radical (unpaired) electrons. The van der Waals surface area contributed by atoms with E-state index in [9.17, 15) is 13.2 Å². The summed E-state index contributed by atoms with van der Waals surface area (Å²) in [6, 6.07) is 2.64. The highest BCUT2D eigenvalue weighted by Crippen LogP contribution is 2.36. The van der Waals surface area contributed by atoms with Crippen LogP contribution in [0.3, 0.4) is 0 Å². The van der Waals surface area contributed by atoms with Crippen LogP contribution in [0.5, 0.6) is 0 Å². The topological polar surface area (TPSA) is 123 Å². The maximum atomic E-state index is 13.3. The summed E-state index contributed by atoms with van der Waals surface area (Å²) in [4.78, 5) is 21.1. The fourth-order valence-corrected chi connectivity index (χ4v) is 5.02. The molecule has 30 heavy (non-hydrogen) atoms. The van der Waals surface area contributed by atoms with Gasteiger partial charge in [-0.05, 0) is 37.1 Å². The van der Waals surface area contributed by atoms with Crippen molar-refractivity contribution in [1.29, 1.82) is 0 Å². The molecule has 10 nitrogen and oxygen atoms in total. The van der Waals surface area contributed by atoms with Crippen molar-refractivity contribution in [2.45, 2.75) is 36.7 Å². The van der Waals surface area contributed by atoms with Gasteiger partial charge in [-0.15, -0.1) is 0 Å². The molecule has 2 heterocycles. The van der Waals surface area contributed by atoms with Gasteiger partial charge in [-0.2, -0.15) is 5.10 Å². The highest BCUT2D eigenvalue weighted by atomic mass is 35.5. The fraction of sp³-hybridized carbons (Fsp3) is 0.389. The van der Waals surface area contributed by atoms with Crippen LogP contribution < -0.4 is 15.9 Å². The molecule has 0 saturated heterocycles. The minimum absolute atomic E-state index is 0.0667. The minimum atomic E-state index is -3.83. The quantitative estimate of drug-likeness (QED) is 0.541. The number of aromatic nitrogens is 4. The van der Waals surface area contributed by atoms with E-state index in [0.717, 1.165) is 18.4 Å². The number of aromatic amines is 1. The molecule has 3 aromatic rings. The van der Waals surface area contributed by atoms with Crippen LogP contribution in [0.1, 0.15) is 25.3 Å². The summed E-state index contributed by atoms with van der Waals surface area (Å²) in [6.07, 6.45) is 4.92. The van der Waals surface area contributed by atoms with E-state index in [1.165, 1.54) is 23.8 Å². The van der Waals surface area contributed by atoms with Crippen molar-refractivity contribution in [1.82, 2.24) is 24.1 Å². The van der Waals surface area contributed by atoms with Crippen molar-refractivity contribution in [3.8, 4) is 0 Å². The Morgan fingerprint density at radius 1 is 1.40 bits per heavy atom. The Kier molecular flexibility index (Phi) is 4.99. The van der Waals surface area contributed by atoms with Gasteiger partial charge in [0.2, 0.25) is 15.6 Å². The molecule has 2 aromatic heterocycles. The van der Waals surface area contributed by atoms with Crippen molar-refractivity contribution in [3.63, 3.8) is 0 Å². The van der Waals surface area contributed by atoms with Gasteiger partial charge in [0.1, 0.15) is 7.11 Å². The molecule has 0 aliphatic heterocycles. The lowest BCUT2D eigenvalue weighted by Crippen LogP contribution is -2.37. The predicted molar refractivity (Wildman–Crippen MR) is 110 cm³/mol. The van der Waals surface area contributed by atoms with E-state index < -0.39 is 21.1 Å². The van der Waals surface area contributed by atoms with Crippen LogP contribution >= 0.6 is 11.6 Å². The third-order valence-corrected chi connectivity index (χ3v) is 6.92. The van der Waals surface area contributed by atoms with Crippen molar-refractivity contribution in [3.05, 3.63) is 51.1 Å². The molecule has 0 unspecified atom stereocenters. The number of sulfonamides is 1. The van der Waals surface area contributed by atoms with E-state index >= 15 is 0 Å². The standard InChI is InChI=1S/C18H21ClN6O4S/c1-18(4-5-18)23-30(27,28)12-6-13-15(14(19)7-12)21-17(22-29-3)25(16(13)26)10-11-8-20-24(2)9-11/h6-9,23H,4-5,10H2,1-3H3,(H,21,22). The summed E-state index contributed by atoms with van der Waals surface area (Å²) in [6.45, 7) is 1.99. The van der Waals surface area contributed by atoms with Gasteiger partial charge in [-0.1, -0.05) is 11.6 Å². The van der Waals surface area contributed by atoms with E-state index in [2.05, 4.69) is 20.0 Å². The van der Waals surface area contributed by atoms with E-state index in [4.69, 9.17) is 16.4 Å². The van der Waals surface area contributed by atoms with Gasteiger partial charge in [0.05, 0.1) is 33.6 Å². The molecular weight excluding hydrogens is 432 g/mol. The number of fused-ring (bicyclic) bond motifs is 1. The molecule has 1 fully saturated rings. The molecule has 1 aliphatic rings. The number of nitrogens with one attached hydrogen (secondary N) is 2. The number of benzene rings is 1. The van der Waals surface area contributed by atoms with Crippen LogP contribution in [0.25, 0.3) is 10.9 Å². The average molecular weight is 453 g/mol. The Morgan fingerprint density at radius 2 is 2.13 bits per heavy atom. The molecule has 4 rings (SSSR count). The van der Waals surface area contributed by atoms with Gasteiger partial charge in [-0.25, -0.2) is 13.1 Å². The first-order valence-electron chi connectivity index (χ1n) is 9.17. The molecule has 2 N–H and O–H groups in total. The second kappa shape index (κ2) is 7.25. The highest BCUT2D eigenvalue weighted by Gasteiger charge is 2.41. The lowest BCUT2D eigenvalue weighted by molar-refractivity contribution is 0.192. The molecule has 0 amide bonds. The van der Waals surface area contributed by atoms with Crippen LogP contribution in [-0.4, -0.2) is 40.4 Å². The van der Waals surface area contributed by atoms with Gasteiger partial charge in [0, 0.05) is 24.3 Å². The number of H-pyrrole nitrogens is 1. The Labute approximate surface area is 177 Å². The number of hydrogen-bond acceptors (Lipinski definition) is 6. The Morgan fingerprint density at radius 3 is 2.73 bits per heavy atom. The summed E-state index contributed by atoms with van der Waals surface area (Å²) in [5.41, 5.74) is 0.267. The summed E-state index contributed by atoms with van der Waals surface area (Å²) in [7, 11) is -0.706. The molecule has 1 saturated carbocycles. The number of nitrogens with zero attached hydrogens (tertiary/aromatic N) is 4. The molecule has 12 heteroatoms. The van der Waals surface area contributed by atoms with Crippen molar-refractivity contribution in [2.24, 2.45) is 12.2 Å². The Hall–Kier alpha value is -2.63. The zero-order valence-corrected chi connectivity index (χ0v) is 18.2. The summed E-state index contributed by atoms with van der Waals surface area (Å²) in [5.74, 6) is 0. The van der Waals surface area contributed by atoms with E-state index in [1.807, 2.05) is 6.92 Å². The highest BCUT2D eigenvalue weighted by molar-refractivity contribution is 7.89. The average Bonchev–Trinajstić information content (AvgIpc) is 3.23. The predicted octanol–water partition coefficient (Wildman–Crippen LogP) is 1.06. The Bertz CT molecular complexity index is 1370. The molecular formula is C18H21ClN6O4S. The van der Waals surface area contributed by atoms with Gasteiger partial charge >= 0.3 is 0 Å². The number of aryl methyl sites for hydroxylation is 1. The normalized spacial score (nSPS) is 16.2. The van der Waals surface area contributed by atoms with Crippen LogP contribution in [0.4, 0.5) is 0 Å². The SMILES string of the molecule is CON=c1[nH]c2c(Cl)cc(S(=O)(=O)NC3(C)CC3)cc2c(=O)n1Cc1cnn(C)c1.